The maximum Gasteiger partial charge on any atom is 0.0774 e. The van der Waals surface area contributed by atoms with E-state index in [9.17, 15) is 0 Å². The molecule has 0 fully saturated rings. The predicted octanol–water partition coefficient (Wildman–Crippen LogP) is 5.18. The first-order valence-corrected chi connectivity index (χ1v) is 7.76. The van der Waals surface area contributed by atoms with E-state index in [4.69, 9.17) is 4.98 Å². The van der Waals surface area contributed by atoms with Crippen LogP contribution in [0.5, 0.6) is 0 Å². The maximum atomic E-state index is 4.85. The van der Waals surface area contributed by atoms with Crippen LogP contribution >= 0.6 is 0 Å². The molecule has 24 heavy (non-hydrogen) atoms. The Morgan fingerprint density at radius 3 is 2.42 bits per heavy atom. The monoisotopic (exact) mass is 484 g/mol. The third kappa shape index (κ3) is 1.56. The van der Waals surface area contributed by atoms with Crippen LogP contribution in [0.1, 0.15) is 0 Å². The quantitative estimate of drug-likeness (QED) is 0.272. The largest absolute Gasteiger partial charge is 0.340 e. The zero-order valence-corrected chi connectivity index (χ0v) is 15.0. The number of imidazole rings is 1. The molecule has 6 rings (SSSR count). The van der Waals surface area contributed by atoms with Crippen molar-refractivity contribution >= 4 is 49.0 Å². The second-order valence-corrected chi connectivity index (χ2v) is 6.02. The summed E-state index contributed by atoms with van der Waals surface area (Å²) in [4.78, 5) is 4.85. The van der Waals surface area contributed by atoms with Crippen molar-refractivity contribution in [2.45, 2.75) is 0 Å². The van der Waals surface area contributed by atoms with E-state index in [1.165, 1.54) is 26.9 Å². The van der Waals surface area contributed by atoms with Crippen LogP contribution in [0, 0.1) is 6.07 Å². The molecule has 0 saturated heterocycles. The topological polar surface area (TPSA) is 17.3 Å². The van der Waals surface area contributed by atoms with Crippen LogP contribution in [0.15, 0.2) is 66.9 Å². The summed E-state index contributed by atoms with van der Waals surface area (Å²) in [6.07, 6.45) is 2.23. The average molecular weight is 484 g/mol. The van der Waals surface area contributed by atoms with Crippen LogP contribution in [0.2, 0.25) is 0 Å². The van der Waals surface area contributed by atoms with E-state index in [2.05, 4.69) is 65.2 Å². The van der Waals surface area contributed by atoms with E-state index < -0.39 is 0 Å². The third-order valence-electron chi connectivity index (χ3n) is 4.85. The van der Waals surface area contributed by atoms with Gasteiger partial charge in [-0.2, -0.15) is 0 Å². The van der Waals surface area contributed by atoms with E-state index in [1.807, 2.05) is 12.1 Å². The molecule has 0 N–H and O–H groups in total. The van der Waals surface area contributed by atoms with Crippen molar-refractivity contribution in [3.63, 3.8) is 0 Å². The summed E-state index contributed by atoms with van der Waals surface area (Å²) in [6, 6.07) is 24.5. The molecule has 0 unspecified atom stereocenters. The molecule has 0 spiro atoms. The van der Waals surface area contributed by atoms with Crippen molar-refractivity contribution < 1.29 is 20.1 Å². The van der Waals surface area contributed by atoms with Crippen molar-refractivity contribution in [3.8, 4) is 0 Å². The number of nitrogens with zero attached hydrogens (tertiary/aromatic N) is 2. The van der Waals surface area contributed by atoms with Gasteiger partial charge in [-0.15, -0.1) is 18.2 Å². The van der Waals surface area contributed by atoms with Crippen LogP contribution in [-0.2, 0) is 20.1 Å². The minimum Gasteiger partial charge on any atom is -0.340 e. The fourth-order valence-corrected chi connectivity index (χ4v) is 3.88. The summed E-state index contributed by atoms with van der Waals surface area (Å²) in [5, 5.41) is 7.55. The first-order chi connectivity index (χ1) is 11.4. The van der Waals surface area contributed by atoms with Crippen molar-refractivity contribution in [1.29, 1.82) is 0 Å². The molecule has 0 atom stereocenters. The summed E-state index contributed by atoms with van der Waals surface area (Å²) in [5.74, 6) is 0. The maximum absolute atomic E-state index is 4.85. The molecule has 115 valence electrons. The summed E-state index contributed by atoms with van der Waals surface area (Å²) >= 11 is 0. The molecule has 2 nitrogen and oxygen atoms in total. The Hall–Kier alpha value is -2.48. The van der Waals surface area contributed by atoms with Crippen LogP contribution in [0.25, 0.3) is 49.0 Å². The van der Waals surface area contributed by atoms with E-state index in [-0.39, 0.29) is 20.1 Å². The predicted molar refractivity (Wildman–Crippen MR) is 95.2 cm³/mol. The minimum absolute atomic E-state index is 0. The van der Waals surface area contributed by atoms with Crippen molar-refractivity contribution in [3.05, 3.63) is 72.9 Å². The molecule has 0 saturated carbocycles. The fraction of sp³-hybridized carbons (Fsp3) is 0. The van der Waals surface area contributed by atoms with Crippen LogP contribution in [-0.4, -0.2) is 9.38 Å². The first kappa shape index (κ1) is 13.9. The normalized spacial score (nSPS) is 11.8. The number of rotatable bonds is 0. The van der Waals surface area contributed by atoms with E-state index in [0.29, 0.717) is 0 Å². The first-order valence-electron chi connectivity index (χ1n) is 7.76. The number of hydrogen-bond donors (Lipinski definition) is 0. The molecule has 0 aliphatic heterocycles. The van der Waals surface area contributed by atoms with Gasteiger partial charge in [-0.3, -0.25) is 4.98 Å². The third-order valence-corrected chi connectivity index (χ3v) is 4.85. The molecule has 1 radical (unpaired) electrons. The Bertz CT molecular complexity index is 1360. The Morgan fingerprint density at radius 1 is 0.792 bits per heavy atom. The minimum atomic E-state index is 0. The average Bonchev–Trinajstić information content (AvgIpc) is 3.14. The van der Waals surface area contributed by atoms with Crippen LogP contribution in [0.3, 0.4) is 0 Å². The number of hydrogen-bond acceptors (Lipinski definition) is 1. The second-order valence-electron chi connectivity index (χ2n) is 6.02. The Balaban J connectivity index is 0.00000131. The molecule has 2 heterocycles. The van der Waals surface area contributed by atoms with Crippen molar-refractivity contribution in [1.82, 2.24) is 9.38 Å². The zero-order valence-electron chi connectivity index (χ0n) is 12.6. The van der Waals surface area contributed by atoms with Gasteiger partial charge in [0.25, 0.3) is 0 Å². The van der Waals surface area contributed by atoms with Crippen LogP contribution < -0.4 is 0 Å². The number of fused-ring (bicyclic) bond motifs is 7. The molecule has 3 heteroatoms. The van der Waals surface area contributed by atoms with Gasteiger partial charge >= 0.3 is 0 Å². The Kier molecular flexibility index (Phi) is 2.76. The molecule has 2 aromatic heterocycles. The van der Waals surface area contributed by atoms with Crippen molar-refractivity contribution in [2.75, 3.05) is 0 Å². The number of benzene rings is 3. The Morgan fingerprint density at radius 2 is 1.54 bits per heavy atom. The summed E-state index contributed by atoms with van der Waals surface area (Å²) < 4.78 is 2.20. The van der Waals surface area contributed by atoms with E-state index in [1.54, 1.807) is 0 Å². The molecule has 4 aromatic carbocycles. The van der Waals surface area contributed by atoms with E-state index >= 15 is 0 Å². The standard InChI is InChI=1S/C21H11N2.Ir/c1-2-7-14-13(6-1)15-8-5-9-16-20(15)17(14)12-23-19-11-4-3-10-18(19)22-21(16)23;/h1-8,10-12H;/q-1;. The second kappa shape index (κ2) is 4.76. The SMILES string of the molecule is [Ir].[c-]1ccc2c3ccccc3c3cn4c5ccccc5nc4c1c23. The van der Waals surface area contributed by atoms with Gasteiger partial charge in [-0.25, -0.2) is 0 Å². The van der Waals surface area contributed by atoms with Gasteiger partial charge in [0.05, 0.1) is 16.7 Å². The smallest absolute Gasteiger partial charge is 0.0774 e. The van der Waals surface area contributed by atoms with Gasteiger partial charge in [0.15, 0.2) is 0 Å². The van der Waals surface area contributed by atoms with Gasteiger partial charge in [0.2, 0.25) is 0 Å². The van der Waals surface area contributed by atoms with Gasteiger partial charge in [0, 0.05) is 26.3 Å². The number of pyridine rings is 1. The van der Waals surface area contributed by atoms with E-state index in [0.717, 1.165) is 22.1 Å². The van der Waals surface area contributed by atoms with Gasteiger partial charge in [-0.05, 0) is 28.3 Å². The summed E-state index contributed by atoms with van der Waals surface area (Å²) in [7, 11) is 0. The number of para-hydroxylation sites is 2. The molecule has 0 amide bonds. The summed E-state index contributed by atoms with van der Waals surface area (Å²) in [5.41, 5.74) is 3.15. The van der Waals surface area contributed by atoms with Gasteiger partial charge in [0.1, 0.15) is 0 Å². The molecular weight excluding hydrogens is 472 g/mol. The van der Waals surface area contributed by atoms with Gasteiger partial charge in [-0.1, -0.05) is 52.6 Å². The fourth-order valence-electron chi connectivity index (χ4n) is 3.88. The molecular formula is C21H11IrN2-. The molecule has 0 bridgehead atoms. The Labute approximate surface area is 151 Å². The van der Waals surface area contributed by atoms with Crippen LogP contribution in [0.4, 0.5) is 0 Å². The molecule has 0 aliphatic rings. The number of aromatic nitrogens is 2. The summed E-state index contributed by atoms with van der Waals surface area (Å²) in [6.45, 7) is 0. The zero-order chi connectivity index (χ0) is 15.0. The van der Waals surface area contributed by atoms with Gasteiger partial charge < -0.3 is 4.40 Å². The molecule has 6 aromatic rings. The molecule has 0 aliphatic carbocycles. The van der Waals surface area contributed by atoms with Crippen molar-refractivity contribution in [2.24, 2.45) is 0 Å².